The van der Waals surface area contributed by atoms with Crippen molar-refractivity contribution in [2.45, 2.75) is 18.6 Å². The average molecular weight is 296 g/mol. The van der Waals surface area contributed by atoms with Crippen molar-refractivity contribution >= 4 is 22.6 Å². The van der Waals surface area contributed by atoms with E-state index in [0.717, 1.165) is 12.1 Å². The molecule has 0 radical (unpaired) electrons. The minimum absolute atomic E-state index is 0.186. The van der Waals surface area contributed by atoms with Crippen molar-refractivity contribution < 1.29 is 18.0 Å². The lowest BCUT2D eigenvalue weighted by Crippen LogP contribution is -2.29. The van der Waals surface area contributed by atoms with E-state index in [2.05, 4.69) is 20.6 Å². The molecule has 0 spiro atoms. The van der Waals surface area contributed by atoms with E-state index in [1.165, 1.54) is 12.4 Å². The maximum Gasteiger partial charge on any atom is 0.416 e. The van der Waals surface area contributed by atoms with Crippen LogP contribution in [0.5, 0.6) is 0 Å². The minimum atomic E-state index is -4.44. The first-order valence-electron chi connectivity index (χ1n) is 6.31. The normalized spacial score (nSPS) is 18.8. The third-order valence-corrected chi connectivity index (χ3v) is 3.32. The number of nitrogens with one attached hydrogen (secondary N) is 2. The van der Waals surface area contributed by atoms with Gasteiger partial charge < -0.3 is 10.6 Å². The second-order valence-corrected chi connectivity index (χ2v) is 4.73. The van der Waals surface area contributed by atoms with Crippen LogP contribution in [0.15, 0.2) is 24.5 Å². The van der Waals surface area contributed by atoms with Crippen molar-refractivity contribution in [2.24, 2.45) is 0 Å². The van der Waals surface area contributed by atoms with Crippen LogP contribution in [0.3, 0.4) is 0 Å². The van der Waals surface area contributed by atoms with Crippen LogP contribution in [0.2, 0.25) is 0 Å². The first-order valence-corrected chi connectivity index (χ1v) is 6.31. The molecule has 1 fully saturated rings. The summed E-state index contributed by atoms with van der Waals surface area (Å²) in [5.41, 5.74) is -0.386. The van der Waals surface area contributed by atoms with Crippen molar-refractivity contribution in [2.75, 3.05) is 11.9 Å². The number of amides is 1. The van der Waals surface area contributed by atoms with Crippen LogP contribution >= 0.6 is 0 Å². The van der Waals surface area contributed by atoms with Gasteiger partial charge in [0.2, 0.25) is 5.91 Å². The number of alkyl halides is 3. The molecule has 1 amide bonds. The summed E-state index contributed by atoms with van der Waals surface area (Å²) in [6.07, 6.45) is -2.62. The fourth-order valence-electron chi connectivity index (χ4n) is 2.24. The number of hydrogen-bond donors (Lipinski definition) is 2. The number of carbonyl (C=O) groups is 1. The molecule has 0 aliphatic carbocycles. The predicted molar refractivity (Wildman–Crippen MR) is 69.6 cm³/mol. The van der Waals surface area contributed by atoms with Crippen molar-refractivity contribution in [3.8, 4) is 0 Å². The van der Waals surface area contributed by atoms with Crippen LogP contribution in [-0.2, 0) is 11.0 Å². The average Bonchev–Trinajstić information content (AvgIpc) is 2.83. The first kappa shape index (κ1) is 13.6. The second-order valence-electron chi connectivity index (χ2n) is 4.73. The van der Waals surface area contributed by atoms with Crippen LogP contribution < -0.4 is 10.6 Å². The summed E-state index contributed by atoms with van der Waals surface area (Å²) in [7, 11) is 0. The van der Waals surface area contributed by atoms with Crippen molar-refractivity contribution in [3.63, 3.8) is 0 Å². The third kappa shape index (κ3) is 2.61. The largest absolute Gasteiger partial charge is 0.416 e. The number of carbonyl (C=O) groups excluding carboxylic acids is 1. The van der Waals surface area contributed by atoms with Crippen molar-refractivity contribution in [3.05, 3.63) is 30.1 Å². The molecule has 0 bridgehead atoms. The first-order chi connectivity index (χ1) is 9.95. The van der Waals surface area contributed by atoms with Crippen LogP contribution in [0.4, 0.5) is 19.0 Å². The summed E-state index contributed by atoms with van der Waals surface area (Å²) < 4.78 is 38.4. The maximum atomic E-state index is 12.8. The van der Waals surface area contributed by atoms with Crippen LogP contribution in [0, 0.1) is 0 Å². The lowest BCUT2D eigenvalue weighted by atomic mass is 10.1. The van der Waals surface area contributed by atoms with Gasteiger partial charge in [-0.05, 0) is 24.6 Å². The van der Waals surface area contributed by atoms with Crippen LogP contribution in [0.1, 0.15) is 12.0 Å². The van der Waals surface area contributed by atoms with Crippen molar-refractivity contribution in [1.82, 2.24) is 15.3 Å². The van der Waals surface area contributed by atoms with E-state index >= 15 is 0 Å². The topological polar surface area (TPSA) is 66.9 Å². The quantitative estimate of drug-likeness (QED) is 0.889. The zero-order valence-corrected chi connectivity index (χ0v) is 10.7. The summed E-state index contributed by atoms with van der Waals surface area (Å²) >= 11 is 0. The van der Waals surface area contributed by atoms with E-state index in [1.807, 2.05) is 0 Å². The van der Waals surface area contributed by atoms with E-state index in [0.29, 0.717) is 18.5 Å². The maximum absolute atomic E-state index is 12.8. The van der Waals surface area contributed by atoms with Gasteiger partial charge in [0.05, 0.1) is 11.1 Å². The number of halogens is 3. The monoisotopic (exact) mass is 296 g/mol. The Morgan fingerprint density at radius 2 is 2.10 bits per heavy atom. The van der Waals surface area contributed by atoms with Gasteiger partial charge in [-0.2, -0.15) is 13.2 Å². The fourth-order valence-corrected chi connectivity index (χ4v) is 2.24. The Bertz CT molecular complexity index is 701. The molecule has 1 aliphatic heterocycles. The highest BCUT2D eigenvalue weighted by molar-refractivity contribution is 5.93. The molecule has 0 saturated carbocycles. The molecule has 110 valence electrons. The number of anilines is 1. The fraction of sp³-hybridized carbons (Fsp3) is 0.308. The van der Waals surface area contributed by atoms with Gasteiger partial charge in [0, 0.05) is 11.9 Å². The predicted octanol–water partition coefficient (Wildman–Crippen LogP) is 1.95. The molecule has 1 aromatic heterocycles. The molecule has 1 unspecified atom stereocenters. The zero-order chi connectivity index (χ0) is 15.0. The molecule has 21 heavy (non-hydrogen) atoms. The lowest BCUT2D eigenvalue weighted by Gasteiger charge is -2.13. The van der Waals surface area contributed by atoms with Crippen LogP contribution in [-0.4, -0.2) is 28.5 Å². The molecule has 2 aromatic rings. The molecular weight excluding hydrogens is 285 g/mol. The Balaban J connectivity index is 2.03. The van der Waals surface area contributed by atoms with E-state index < -0.39 is 17.8 Å². The molecule has 8 heteroatoms. The summed E-state index contributed by atoms with van der Waals surface area (Å²) in [5, 5.41) is 5.77. The molecule has 1 aliphatic rings. The molecule has 1 saturated heterocycles. The van der Waals surface area contributed by atoms with E-state index in [-0.39, 0.29) is 17.1 Å². The molecule has 1 atom stereocenters. The highest BCUT2D eigenvalue weighted by atomic mass is 19.4. The number of nitrogens with zero attached hydrogens (tertiary/aromatic N) is 2. The van der Waals surface area contributed by atoms with Gasteiger partial charge in [0.25, 0.3) is 0 Å². The molecule has 2 N–H and O–H groups in total. The van der Waals surface area contributed by atoms with Gasteiger partial charge >= 0.3 is 6.18 Å². The SMILES string of the molecule is O=C1NCCC1Nc1ncnc2ccc(C(F)(F)F)cc12. The Morgan fingerprint density at radius 3 is 2.76 bits per heavy atom. The number of benzene rings is 1. The van der Waals surface area contributed by atoms with Crippen LogP contribution in [0.25, 0.3) is 10.9 Å². The second kappa shape index (κ2) is 4.87. The highest BCUT2D eigenvalue weighted by Gasteiger charge is 2.31. The van der Waals surface area contributed by atoms with E-state index in [9.17, 15) is 18.0 Å². The smallest absolute Gasteiger partial charge is 0.358 e. The highest BCUT2D eigenvalue weighted by Crippen LogP contribution is 2.32. The Kier molecular flexibility index (Phi) is 3.15. The third-order valence-electron chi connectivity index (χ3n) is 3.32. The summed E-state index contributed by atoms with van der Waals surface area (Å²) in [6.45, 7) is 0.535. The Hall–Kier alpha value is -2.38. The van der Waals surface area contributed by atoms with E-state index in [1.54, 1.807) is 0 Å². The van der Waals surface area contributed by atoms with E-state index in [4.69, 9.17) is 0 Å². The van der Waals surface area contributed by atoms with Gasteiger partial charge in [-0.25, -0.2) is 9.97 Å². The number of aromatic nitrogens is 2. The summed E-state index contributed by atoms with van der Waals surface area (Å²) in [6, 6.07) is 2.77. The van der Waals surface area contributed by atoms with Gasteiger partial charge in [-0.1, -0.05) is 0 Å². The Morgan fingerprint density at radius 1 is 1.29 bits per heavy atom. The minimum Gasteiger partial charge on any atom is -0.358 e. The number of rotatable bonds is 2. The summed E-state index contributed by atoms with van der Waals surface area (Å²) in [4.78, 5) is 19.4. The molecule has 2 heterocycles. The summed E-state index contributed by atoms with van der Waals surface area (Å²) in [5.74, 6) is 0.0434. The Labute approximate surface area is 117 Å². The lowest BCUT2D eigenvalue weighted by molar-refractivity contribution is -0.137. The van der Waals surface area contributed by atoms with Crippen molar-refractivity contribution in [1.29, 1.82) is 0 Å². The zero-order valence-electron chi connectivity index (χ0n) is 10.7. The molecule has 3 rings (SSSR count). The van der Waals surface area contributed by atoms with Gasteiger partial charge in [-0.15, -0.1) is 0 Å². The molecule has 5 nitrogen and oxygen atoms in total. The van der Waals surface area contributed by atoms with Gasteiger partial charge in [0.1, 0.15) is 18.2 Å². The molecule has 1 aromatic carbocycles. The molecular formula is C13H11F3N4O. The van der Waals surface area contributed by atoms with Gasteiger partial charge in [0.15, 0.2) is 0 Å². The van der Waals surface area contributed by atoms with Gasteiger partial charge in [-0.3, -0.25) is 4.79 Å². The standard InChI is InChI=1S/C13H11F3N4O/c14-13(15,16)7-1-2-9-8(5-7)11(19-6-18-9)20-10-3-4-17-12(10)21/h1-2,5-6,10H,3-4H2,(H,17,21)(H,18,19,20). The number of fused-ring (bicyclic) bond motifs is 1. The number of hydrogen-bond acceptors (Lipinski definition) is 4.